The Morgan fingerprint density at radius 3 is 2.87 bits per heavy atom. The maximum absolute atomic E-state index is 14.1. The molecule has 1 aromatic heterocycles. The zero-order valence-electron chi connectivity index (χ0n) is 17.1. The fourth-order valence-electron chi connectivity index (χ4n) is 4.48. The zero-order valence-corrected chi connectivity index (χ0v) is 17.1. The van der Waals surface area contributed by atoms with Gasteiger partial charge < -0.3 is 15.4 Å². The predicted molar refractivity (Wildman–Crippen MR) is 116 cm³/mol. The van der Waals surface area contributed by atoms with Gasteiger partial charge in [0.05, 0.1) is 30.1 Å². The molecule has 1 aliphatic carbocycles. The van der Waals surface area contributed by atoms with Crippen molar-refractivity contribution in [1.29, 1.82) is 5.26 Å². The number of allylic oxidation sites excluding steroid dienone is 2. The summed E-state index contributed by atoms with van der Waals surface area (Å²) in [5.74, 6) is 0.216. The number of rotatable bonds is 3. The minimum Gasteiger partial charge on any atom is -0.369 e. The van der Waals surface area contributed by atoms with Gasteiger partial charge in [-0.1, -0.05) is 6.07 Å². The minimum absolute atomic E-state index is 0.00401. The van der Waals surface area contributed by atoms with Gasteiger partial charge in [0.25, 0.3) is 0 Å². The molecule has 3 aliphatic rings. The highest BCUT2D eigenvalue weighted by Gasteiger charge is 2.31. The number of halogens is 1. The standard InChI is InChI=1S/C23H23FN6O/c24-17-9-15(5-6-16(17)12-25)19-11-22(29-23(26)28-19)30-7-8-31-21(13-30)20-10-14-3-1-2-4-18(14)27-20/h5-6,9,11,21H,1-4,7-8,10,13H2,(H2,26,28,29). The van der Waals surface area contributed by atoms with Crippen LogP contribution in [-0.2, 0) is 4.74 Å². The lowest BCUT2D eigenvalue weighted by Gasteiger charge is -2.34. The molecule has 7 nitrogen and oxygen atoms in total. The monoisotopic (exact) mass is 418 g/mol. The van der Waals surface area contributed by atoms with Gasteiger partial charge in [-0.15, -0.1) is 0 Å². The first-order chi connectivity index (χ1) is 15.1. The number of nitrogens with zero attached hydrogens (tertiary/aromatic N) is 5. The summed E-state index contributed by atoms with van der Waals surface area (Å²) < 4.78 is 20.2. The average Bonchev–Trinajstić information content (AvgIpc) is 3.23. The summed E-state index contributed by atoms with van der Waals surface area (Å²) in [6.07, 6.45) is 5.51. The summed E-state index contributed by atoms with van der Waals surface area (Å²) in [5, 5.41) is 8.95. The third kappa shape index (κ3) is 3.89. The summed E-state index contributed by atoms with van der Waals surface area (Å²) >= 11 is 0. The van der Waals surface area contributed by atoms with Crippen molar-refractivity contribution in [2.75, 3.05) is 30.3 Å². The highest BCUT2D eigenvalue weighted by Crippen LogP contribution is 2.34. The molecule has 0 spiro atoms. The van der Waals surface area contributed by atoms with E-state index in [0.29, 0.717) is 36.8 Å². The van der Waals surface area contributed by atoms with Crippen LogP contribution in [0, 0.1) is 17.1 Å². The van der Waals surface area contributed by atoms with E-state index >= 15 is 0 Å². The van der Waals surface area contributed by atoms with Gasteiger partial charge in [0, 0.05) is 30.3 Å². The van der Waals surface area contributed by atoms with Crippen molar-refractivity contribution < 1.29 is 9.13 Å². The fraction of sp³-hybridized carbons (Fsp3) is 0.391. The third-order valence-electron chi connectivity index (χ3n) is 6.10. The van der Waals surface area contributed by atoms with Gasteiger partial charge >= 0.3 is 0 Å². The Labute approximate surface area is 180 Å². The molecule has 1 fully saturated rings. The predicted octanol–water partition coefficient (Wildman–Crippen LogP) is 3.61. The highest BCUT2D eigenvalue weighted by atomic mass is 19.1. The van der Waals surface area contributed by atoms with E-state index in [1.165, 1.54) is 36.2 Å². The van der Waals surface area contributed by atoms with E-state index in [4.69, 9.17) is 20.7 Å². The number of nitrogen functional groups attached to an aromatic ring is 1. The van der Waals surface area contributed by atoms with Crippen LogP contribution in [0.15, 0.2) is 40.5 Å². The number of nitriles is 1. The number of ether oxygens (including phenoxy) is 1. The number of anilines is 2. The van der Waals surface area contributed by atoms with Gasteiger partial charge in [0.15, 0.2) is 0 Å². The SMILES string of the molecule is N#Cc1ccc(-c2cc(N3CCOC(C4=NC5=C(CCCC5)C4)C3)nc(N)n2)cc1F. The van der Waals surface area contributed by atoms with Crippen molar-refractivity contribution in [2.45, 2.75) is 38.2 Å². The van der Waals surface area contributed by atoms with Crippen LogP contribution >= 0.6 is 0 Å². The molecule has 3 heterocycles. The molecule has 8 heteroatoms. The molecule has 0 radical (unpaired) electrons. The number of aromatic nitrogens is 2. The number of hydrogen-bond donors (Lipinski definition) is 1. The number of aliphatic imine (C=N–C) groups is 1. The normalized spacial score (nSPS) is 21.0. The summed E-state index contributed by atoms with van der Waals surface area (Å²) in [5.41, 5.74) is 10.9. The molecule has 1 unspecified atom stereocenters. The number of morpholine rings is 1. The minimum atomic E-state index is -0.583. The molecule has 0 amide bonds. The lowest BCUT2D eigenvalue weighted by molar-refractivity contribution is 0.0828. The van der Waals surface area contributed by atoms with Crippen LogP contribution in [0.25, 0.3) is 11.3 Å². The molecular weight excluding hydrogens is 395 g/mol. The van der Waals surface area contributed by atoms with Gasteiger partial charge in [0.1, 0.15) is 23.8 Å². The van der Waals surface area contributed by atoms with Crippen molar-refractivity contribution >= 4 is 17.5 Å². The molecule has 1 atom stereocenters. The van der Waals surface area contributed by atoms with Crippen molar-refractivity contribution in [3.05, 3.63) is 46.9 Å². The Bertz CT molecular complexity index is 1140. The van der Waals surface area contributed by atoms with Crippen LogP contribution in [0.4, 0.5) is 16.2 Å². The van der Waals surface area contributed by atoms with Crippen LogP contribution < -0.4 is 10.6 Å². The molecule has 0 saturated carbocycles. The molecule has 5 rings (SSSR count). The van der Waals surface area contributed by atoms with E-state index in [9.17, 15) is 4.39 Å². The lowest BCUT2D eigenvalue weighted by atomic mass is 9.94. The summed E-state index contributed by atoms with van der Waals surface area (Å²) in [7, 11) is 0. The largest absolute Gasteiger partial charge is 0.369 e. The van der Waals surface area contributed by atoms with Gasteiger partial charge in [-0.05, 0) is 43.4 Å². The molecule has 2 aromatic rings. The first-order valence-corrected chi connectivity index (χ1v) is 10.6. The fourth-order valence-corrected chi connectivity index (χ4v) is 4.48. The molecule has 31 heavy (non-hydrogen) atoms. The third-order valence-corrected chi connectivity index (χ3v) is 6.10. The first-order valence-electron chi connectivity index (χ1n) is 10.6. The Balaban J connectivity index is 1.38. The summed E-state index contributed by atoms with van der Waals surface area (Å²) in [4.78, 5) is 15.7. The van der Waals surface area contributed by atoms with Gasteiger partial charge in [-0.3, -0.25) is 4.99 Å². The molecule has 158 valence electrons. The topological polar surface area (TPSA) is 100 Å². The van der Waals surface area contributed by atoms with Crippen LogP contribution in [0.1, 0.15) is 37.7 Å². The van der Waals surface area contributed by atoms with Crippen LogP contribution in [0.2, 0.25) is 0 Å². The average molecular weight is 418 g/mol. The number of nitrogens with two attached hydrogens (primary N) is 1. The summed E-state index contributed by atoms with van der Waals surface area (Å²) in [6.45, 7) is 1.88. The molecule has 2 aliphatic heterocycles. The second-order valence-corrected chi connectivity index (χ2v) is 8.12. The Morgan fingerprint density at radius 1 is 1.19 bits per heavy atom. The van der Waals surface area contributed by atoms with Gasteiger partial charge in [-0.25, -0.2) is 9.37 Å². The highest BCUT2D eigenvalue weighted by molar-refractivity contribution is 5.94. The van der Waals surface area contributed by atoms with E-state index in [-0.39, 0.29) is 17.6 Å². The Kier molecular flexibility index (Phi) is 5.12. The second-order valence-electron chi connectivity index (χ2n) is 8.12. The van der Waals surface area contributed by atoms with E-state index in [0.717, 1.165) is 25.0 Å². The van der Waals surface area contributed by atoms with Crippen LogP contribution in [-0.4, -0.2) is 41.5 Å². The maximum Gasteiger partial charge on any atom is 0.222 e. The van der Waals surface area contributed by atoms with Gasteiger partial charge in [-0.2, -0.15) is 10.2 Å². The van der Waals surface area contributed by atoms with Gasteiger partial charge in [0.2, 0.25) is 5.95 Å². The lowest BCUT2D eigenvalue weighted by Crippen LogP contribution is -2.46. The van der Waals surface area contributed by atoms with Crippen molar-refractivity contribution in [1.82, 2.24) is 9.97 Å². The van der Waals surface area contributed by atoms with E-state index in [2.05, 4.69) is 14.9 Å². The van der Waals surface area contributed by atoms with E-state index < -0.39 is 5.82 Å². The molecule has 1 saturated heterocycles. The smallest absolute Gasteiger partial charge is 0.222 e. The van der Waals surface area contributed by atoms with Crippen LogP contribution in [0.3, 0.4) is 0 Å². The number of hydrogen-bond acceptors (Lipinski definition) is 7. The van der Waals surface area contributed by atoms with Crippen molar-refractivity contribution in [3.8, 4) is 17.3 Å². The second kappa shape index (κ2) is 8.08. The number of benzene rings is 1. The zero-order chi connectivity index (χ0) is 21.4. The molecule has 0 bridgehead atoms. The van der Waals surface area contributed by atoms with Crippen LogP contribution in [0.5, 0.6) is 0 Å². The van der Waals surface area contributed by atoms with Crippen molar-refractivity contribution in [3.63, 3.8) is 0 Å². The molecular formula is C23H23FN6O. The van der Waals surface area contributed by atoms with E-state index in [1.54, 1.807) is 12.1 Å². The Hall–Kier alpha value is -3.31. The Morgan fingerprint density at radius 2 is 2.06 bits per heavy atom. The van der Waals surface area contributed by atoms with Crippen molar-refractivity contribution in [2.24, 2.45) is 4.99 Å². The quantitative estimate of drug-likeness (QED) is 0.817. The summed E-state index contributed by atoms with van der Waals surface area (Å²) in [6, 6.07) is 8.05. The maximum atomic E-state index is 14.1. The molecule has 2 N–H and O–H groups in total. The molecule has 1 aromatic carbocycles. The first kappa shape index (κ1) is 19.6. The van der Waals surface area contributed by atoms with E-state index in [1.807, 2.05) is 6.07 Å².